The predicted octanol–water partition coefficient (Wildman–Crippen LogP) is 3.85. The van der Waals surface area contributed by atoms with Crippen molar-refractivity contribution < 1.29 is 17.5 Å². The molecule has 176 valence electrons. The summed E-state index contributed by atoms with van der Waals surface area (Å²) < 4.78 is 45.4. The van der Waals surface area contributed by atoms with Crippen LogP contribution >= 0.6 is 0 Å². The SMILES string of the molecule is Cc1cc([C@@H](C)Nc2ccc(F)cc2S(C)(=O)=O)c2nc([C@H]3CCCOC3)n(C)c(=O)c2c1. The highest BCUT2D eigenvalue weighted by atomic mass is 32.2. The number of aromatic nitrogens is 2. The van der Waals surface area contributed by atoms with Gasteiger partial charge in [-0.05, 0) is 56.5 Å². The maximum atomic E-state index is 13.8. The van der Waals surface area contributed by atoms with Gasteiger partial charge in [-0.25, -0.2) is 17.8 Å². The molecule has 0 radical (unpaired) electrons. The summed E-state index contributed by atoms with van der Waals surface area (Å²) in [5, 5.41) is 3.70. The van der Waals surface area contributed by atoms with Crippen LogP contribution in [-0.4, -0.2) is 37.4 Å². The standard InChI is InChI=1S/C24H28FN3O4S/c1-14-10-18(15(2)26-20-8-7-17(25)12-21(20)33(4,30)31)22-19(11-14)24(29)28(3)23(27-22)16-6-5-9-32-13-16/h7-8,10-12,15-16,26H,5-6,9,13H2,1-4H3/t15-,16+/m1/s1. The summed E-state index contributed by atoms with van der Waals surface area (Å²) in [7, 11) is -1.92. The zero-order valence-electron chi connectivity index (χ0n) is 19.2. The van der Waals surface area contributed by atoms with Crippen molar-refractivity contribution >= 4 is 26.4 Å². The van der Waals surface area contributed by atoms with Crippen molar-refractivity contribution in [3.63, 3.8) is 0 Å². The molecule has 0 unspecified atom stereocenters. The van der Waals surface area contributed by atoms with E-state index >= 15 is 0 Å². The van der Waals surface area contributed by atoms with Crippen molar-refractivity contribution in [3.8, 4) is 0 Å². The first kappa shape index (κ1) is 23.4. The lowest BCUT2D eigenvalue weighted by molar-refractivity contribution is 0.0770. The number of halogens is 1. The van der Waals surface area contributed by atoms with E-state index in [0.29, 0.717) is 35.6 Å². The molecule has 1 aliphatic rings. The molecule has 1 saturated heterocycles. The minimum atomic E-state index is -3.65. The zero-order chi connectivity index (χ0) is 23.9. The summed E-state index contributed by atoms with van der Waals surface area (Å²) in [5.74, 6) is 0.0921. The highest BCUT2D eigenvalue weighted by Crippen LogP contribution is 2.31. The van der Waals surface area contributed by atoms with Gasteiger partial charge in [0, 0.05) is 31.4 Å². The van der Waals surface area contributed by atoms with Gasteiger partial charge in [0.1, 0.15) is 11.6 Å². The molecule has 33 heavy (non-hydrogen) atoms. The van der Waals surface area contributed by atoms with Gasteiger partial charge in [0.25, 0.3) is 5.56 Å². The van der Waals surface area contributed by atoms with Gasteiger partial charge in [0.15, 0.2) is 9.84 Å². The Kier molecular flexibility index (Phi) is 6.28. The van der Waals surface area contributed by atoms with Crippen LogP contribution in [0, 0.1) is 12.7 Å². The molecule has 0 spiro atoms. The number of rotatable bonds is 5. The molecule has 0 amide bonds. The Balaban J connectivity index is 1.84. The molecule has 4 rings (SSSR count). The molecule has 2 heterocycles. The molecule has 1 fully saturated rings. The summed E-state index contributed by atoms with van der Waals surface area (Å²) >= 11 is 0. The monoisotopic (exact) mass is 473 g/mol. The molecule has 0 aliphatic carbocycles. The van der Waals surface area contributed by atoms with Crippen LogP contribution in [0.4, 0.5) is 10.1 Å². The van der Waals surface area contributed by atoms with Crippen LogP contribution < -0.4 is 10.9 Å². The van der Waals surface area contributed by atoms with Crippen LogP contribution in [0.2, 0.25) is 0 Å². The van der Waals surface area contributed by atoms with Gasteiger partial charge in [-0.3, -0.25) is 9.36 Å². The van der Waals surface area contributed by atoms with Crippen molar-refractivity contribution in [2.24, 2.45) is 7.05 Å². The third kappa shape index (κ3) is 4.65. The van der Waals surface area contributed by atoms with Gasteiger partial charge in [-0.1, -0.05) is 6.07 Å². The van der Waals surface area contributed by atoms with Gasteiger partial charge in [-0.2, -0.15) is 0 Å². The Morgan fingerprint density at radius 2 is 2.03 bits per heavy atom. The van der Waals surface area contributed by atoms with Crippen LogP contribution in [0.1, 0.15) is 48.7 Å². The fourth-order valence-electron chi connectivity index (χ4n) is 4.44. The van der Waals surface area contributed by atoms with Gasteiger partial charge < -0.3 is 10.1 Å². The smallest absolute Gasteiger partial charge is 0.261 e. The Morgan fingerprint density at radius 3 is 2.70 bits per heavy atom. The summed E-state index contributed by atoms with van der Waals surface area (Å²) in [6.45, 7) is 5.00. The number of nitrogens with zero attached hydrogens (tertiary/aromatic N) is 2. The summed E-state index contributed by atoms with van der Waals surface area (Å²) in [5.41, 5.74) is 2.40. The van der Waals surface area contributed by atoms with Crippen molar-refractivity contribution in [1.82, 2.24) is 9.55 Å². The second-order valence-corrected chi connectivity index (χ2v) is 10.8. The number of nitrogens with one attached hydrogen (secondary N) is 1. The Labute approximate surface area is 192 Å². The van der Waals surface area contributed by atoms with E-state index in [1.54, 1.807) is 11.6 Å². The van der Waals surface area contributed by atoms with Crippen LogP contribution in [0.5, 0.6) is 0 Å². The van der Waals surface area contributed by atoms with Gasteiger partial charge in [0.05, 0.1) is 34.1 Å². The molecular formula is C24H28FN3O4S. The highest BCUT2D eigenvalue weighted by molar-refractivity contribution is 7.90. The first-order valence-electron chi connectivity index (χ1n) is 10.9. The molecular weight excluding hydrogens is 445 g/mol. The van der Waals surface area contributed by atoms with E-state index in [0.717, 1.165) is 36.3 Å². The molecule has 2 aromatic carbocycles. The lowest BCUT2D eigenvalue weighted by Crippen LogP contribution is -2.28. The molecule has 3 aromatic rings. The predicted molar refractivity (Wildman–Crippen MR) is 126 cm³/mol. The largest absolute Gasteiger partial charge is 0.381 e. The third-order valence-corrected chi connectivity index (χ3v) is 7.23. The van der Waals surface area contributed by atoms with Crippen LogP contribution in [0.3, 0.4) is 0 Å². The topological polar surface area (TPSA) is 90.3 Å². The lowest BCUT2D eigenvalue weighted by Gasteiger charge is -2.25. The quantitative estimate of drug-likeness (QED) is 0.605. The normalized spacial score (nSPS) is 17.8. The highest BCUT2D eigenvalue weighted by Gasteiger charge is 2.24. The third-order valence-electron chi connectivity index (χ3n) is 6.10. The van der Waals surface area contributed by atoms with Crippen LogP contribution in [0.15, 0.2) is 40.0 Å². The lowest BCUT2D eigenvalue weighted by atomic mass is 9.98. The minimum absolute atomic E-state index is 0.0344. The number of anilines is 1. The Morgan fingerprint density at radius 1 is 1.27 bits per heavy atom. The molecule has 1 aromatic heterocycles. The first-order valence-corrected chi connectivity index (χ1v) is 12.8. The maximum Gasteiger partial charge on any atom is 0.261 e. The van der Waals surface area contributed by atoms with E-state index in [-0.39, 0.29) is 16.4 Å². The summed E-state index contributed by atoms with van der Waals surface area (Å²) in [6, 6.07) is 7.01. The number of sulfone groups is 1. The minimum Gasteiger partial charge on any atom is -0.381 e. The molecule has 1 N–H and O–H groups in total. The molecule has 2 atom stereocenters. The Hall–Kier alpha value is -2.78. The van der Waals surface area contributed by atoms with E-state index in [1.165, 1.54) is 12.1 Å². The molecule has 9 heteroatoms. The first-order chi connectivity index (χ1) is 15.6. The molecule has 0 bridgehead atoms. The number of aryl methyl sites for hydroxylation is 1. The van der Waals surface area contributed by atoms with Gasteiger partial charge in [0.2, 0.25) is 0 Å². The average Bonchev–Trinajstić information content (AvgIpc) is 2.77. The molecule has 1 aliphatic heterocycles. The van der Waals surface area contributed by atoms with Crippen molar-refractivity contribution in [2.45, 2.75) is 43.5 Å². The van der Waals surface area contributed by atoms with E-state index in [1.807, 2.05) is 26.0 Å². The van der Waals surface area contributed by atoms with Crippen molar-refractivity contribution in [2.75, 3.05) is 24.8 Å². The number of hydrogen-bond donors (Lipinski definition) is 1. The number of hydrogen-bond acceptors (Lipinski definition) is 6. The van der Waals surface area contributed by atoms with Crippen molar-refractivity contribution in [3.05, 3.63) is 63.5 Å². The summed E-state index contributed by atoms with van der Waals surface area (Å²) in [6.07, 6.45) is 2.85. The molecule has 0 saturated carbocycles. The van der Waals surface area contributed by atoms with Crippen LogP contribution in [0.25, 0.3) is 10.9 Å². The fourth-order valence-corrected chi connectivity index (χ4v) is 5.29. The van der Waals surface area contributed by atoms with Gasteiger partial charge in [-0.15, -0.1) is 0 Å². The van der Waals surface area contributed by atoms with Crippen molar-refractivity contribution in [1.29, 1.82) is 0 Å². The number of fused-ring (bicyclic) bond motifs is 1. The number of ether oxygens (including phenoxy) is 1. The van der Waals surface area contributed by atoms with E-state index in [9.17, 15) is 17.6 Å². The van der Waals surface area contributed by atoms with E-state index in [4.69, 9.17) is 9.72 Å². The van der Waals surface area contributed by atoms with E-state index in [2.05, 4.69) is 5.32 Å². The zero-order valence-corrected chi connectivity index (χ0v) is 20.0. The average molecular weight is 474 g/mol. The number of benzene rings is 2. The molecule has 7 nitrogen and oxygen atoms in total. The van der Waals surface area contributed by atoms with Gasteiger partial charge >= 0.3 is 0 Å². The second-order valence-electron chi connectivity index (χ2n) is 8.78. The summed E-state index contributed by atoms with van der Waals surface area (Å²) in [4.78, 5) is 18.0. The van der Waals surface area contributed by atoms with E-state index < -0.39 is 21.7 Å². The van der Waals surface area contributed by atoms with Crippen LogP contribution in [-0.2, 0) is 21.6 Å². The fraction of sp³-hybridized carbons (Fsp3) is 0.417. The maximum absolute atomic E-state index is 13.8. The second kappa shape index (κ2) is 8.87. The Bertz CT molecular complexity index is 1380.